The molecule has 1 spiro atoms. The maximum Gasteiger partial charge on any atom is 0.172 e. The van der Waals surface area contributed by atoms with Gasteiger partial charge >= 0.3 is 0 Å². The Morgan fingerprint density at radius 3 is 2.68 bits per heavy atom. The van der Waals surface area contributed by atoms with Crippen molar-refractivity contribution in [2.24, 2.45) is 11.3 Å². The predicted molar refractivity (Wildman–Crippen MR) is 102 cm³/mol. The van der Waals surface area contributed by atoms with E-state index in [-0.39, 0.29) is 17.3 Å². The van der Waals surface area contributed by atoms with Crippen LogP contribution in [0.5, 0.6) is 0 Å². The molecule has 0 saturated carbocycles. The standard InChI is InChI=1S/C21H39NO3/c1-7-13-22(16-23-6)14-10-19-15-24-21(25-19)11-8-18(9-12-21)20(4,5)17(2)3/h8,17,19H,7,9-16H2,1-6H3. The highest BCUT2D eigenvalue weighted by Gasteiger charge is 2.43. The number of rotatable bonds is 9. The van der Waals surface area contributed by atoms with Crippen molar-refractivity contribution >= 4 is 0 Å². The molecule has 0 aromatic rings. The summed E-state index contributed by atoms with van der Waals surface area (Å²) < 4.78 is 17.8. The van der Waals surface area contributed by atoms with E-state index in [9.17, 15) is 0 Å². The minimum absolute atomic E-state index is 0.212. The van der Waals surface area contributed by atoms with E-state index in [0.717, 1.165) is 51.8 Å². The number of nitrogens with zero attached hydrogens (tertiary/aromatic N) is 1. The molecule has 2 rings (SSSR count). The maximum absolute atomic E-state index is 6.38. The van der Waals surface area contributed by atoms with Crippen molar-refractivity contribution in [2.45, 2.75) is 78.6 Å². The van der Waals surface area contributed by atoms with Crippen molar-refractivity contribution in [2.75, 3.05) is 33.5 Å². The van der Waals surface area contributed by atoms with E-state index in [0.29, 0.717) is 12.6 Å². The van der Waals surface area contributed by atoms with Gasteiger partial charge in [0.1, 0.15) is 0 Å². The van der Waals surface area contributed by atoms with Crippen LogP contribution < -0.4 is 0 Å². The van der Waals surface area contributed by atoms with E-state index >= 15 is 0 Å². The number of ether oxygens (including phenoxy) is 3. The molecule has 2 unspecified atom stereocenters. The molecule has 2 aliphatic rings. The molecule has 1 aliphatic carbocycles. The second kappa shape index (κ2) is 8.98. The number of methoxy groups -OCH3 is 1. The van der Waals surface area contributed by atoms with Crippen LogP contribution in [0.25, 0.3) is 0 Å². The van der Waals surface area contributed by atoms with E-state index in [1.165, 1.54) is 0 Å². The van der Waals surface area contributed by atoms with Crippen LogP contribution in [0.4, 0.5) is 0 Å². The van der Waals surface area contributed by atoms with Crippen LogP contribution >= 0.6 is 0 Å². The first-order valence-electron chi connectivity index (χ1n) is 10.1. The summed E-state index contributed by atoms with van der Waals surface area (Å²) in [5.74, 6) is 0.286. The maximum atomic E-state index is 6.38. The third-order valence-corrected chi connectivity index (χ3v) is 6.24. The molecule has 1 fully saturated rings. The lowest BCUT2D eigenvalue weighted by Crippen LogP contribution is -2.36. The molecule has 0 aromatic heterocycles. The normalized spacial score (nSPS) is 27.5. The van der Waals surface area contributed by atoms with Crippen LogP contribution in [0.1, 0.15) is 66.7 Å². The Balaban J connectivity index is 1.85. The van der Waals surface area contributed by atoms with E-state index in [4.69, 9.17) is 14.2 Å². The topological polar surface area (TPSA) is 30.9 Å². The van der Waals surface area contributed by atoms with Crippen LogP contribution in [0.3, 0.4) is 0 Å². The fourth-order valence-electron chi connectivity index (χ4n) is 3.83. The van der Waals surface area contributed by atoms with Gasteiger partial charge in [-0.05, 0) is 30.6 Å². The van der Waals surface area contributed by atoms with E-state index in [1.54, 1.807) is 12.7 Å². The predicted octanol–water partition coefficient (Wildman–Crippen LogP) is 4.60. The number of hydrogen-bond donors (Lipinski definition) is 0. The average Bonchev–Trinajstić information content (AvgIpc) is 2.96. The van der Waals surface area contributed by atoms with Gasteiger partial charge < -0.3 is 14.2 Å². The third kappa shape index (κ3) is 5.29. The SMILES string of the molecule is CCCN(CCC1COC2(CC=C(C(C)(C)C(C)C)CC2)O1)COC. The minimum Gasteiger partial charge on any atom is -0.369 e. The molecule has 1 saturated heterocycles. The highest BCUT2D eigenvalue weighted by Crippen LogP contribution is 2.45. The molecule has 0 radical (unpaired) electrons. The molecule has 4 nitrogen and oxygen atoms in total. The Bertz CT molecular complexity index is 440. The van der Waals surface area contributed by atoms with E-state index < -0.39 is 0 Å². The minimum atomic E-state index is -0.363. The second-order valence-corrected chi connectivity index (χ2v) is 8.60. The lowest BCUT2D eigenvalue weighted by molar-refractivity contribution is -0.174. The molecular formula is C21H39NO3. The molecular weight excluding hydrogens is 314 g/mol. The van der Waals surface area contributed by atoms with Gasteiger partial charge in [0.15, 0.2) is 5.79 Å². The smallest absolute Gasteiger partial charge is 0.172 e. The number of allylic oxidation sites excluding steroid dienone is 1. The zero-order valence-electron chi connectivity index (χ0n) is 17.3. The van der Waals surface area contributed by atoms with Crippen molar-refractivity contribution in [3.05, 3.63) is 11.6 Å². The van der Waals surface area contributed by atoms with Crippen LogP contribution in [-0.4, -0.2) is 50.3 Å². The van der Waals surface area contributed by atoms with Gasteiger partial charge in [0.25, 0.3) is 0 Å². The van der Waals surface area contributed by atoms with E-state index in [1.807, 2.05) is 0 Å². The molecule has 0 amide bonds. The molecule has 0 N–H and O–H groups in total. The average molecular weight is 354 g/mol. The summed E-state index contributed by atoms with van der Waals surface area (Å²) in [6, 6.07) is 0. The lowest BCUT2D eigenvalue weighted by atomic mass is 9.70. The second-order valence-electron chi connectivity index (χ2n) is 8.60. The highest BCUT2D eigenvalue weighted by atomic mass is 16.7. The first-order valence-corrected chi connectivity index (χ1v) is 10.1. The third-order valence-electron chi connectivity index (χ3n) is 6.24. The Labute approximate surface area is 154 Å². The van der Waals surface area contributed by atoms with Crippen LogP contribution in [0.2, 0.25) is 0 Å². The van der Waals surface area contributed by atoms with Crippen LogP contribution in [-0.2, 0) is 14.2 Å². The fraction of sp³-hybridized carbons (Fsp3) is 0.905. The summed E-state index contributed by atoms with van der Waals surface area (Å²) in [5.41, 5.74) is 1.83. The molecule has 4 heteroatoms. The molecule has 0 bridgehead atoms. The molecule has 1 aliphatic heterocycles. The first-order chi connectivity index (χ1) is 11.8. The van der Waals surface area contributed by atoms with Crippen molar-refractivity contribution in [3.8, 4) is 0 Å². The summed E-state index contributed by atoms with van der Waals surface area (Å²) in [6.45, 7) is 15.1. The zero-order valence-corrected chi connectivity index (χ0v) is 17.3. The van der Waals surface area contributed by atoms with Crippen molar-refractivity contribution in [3.63, 3.8) is 0 Å². The van der Waals surface area contributed by atoms with Gasteiger partial charge in [-0.1, -0.05) is 46.3 Å². The largest absolute Gasteiger partial charge is 0.369 e. The summed E-state index contributed by atoms with van der Waals surface area (Å²) in [6.07, 6.45) is 7.73. The van der Waals surface area contributed by atoms with Gasteiger partial charge in [0.2, 0.25) is 0 Å². The van der Waals surface area contributed by atoms with Gasteiger partial charge in [0.05, 0.1) is 19.4 Å². The Morgan fingerprint density at radius 1 is 1.36 bits per heavy atom. The fourth-order valence-corrected chi connectivity index (χ4v) is 3.83. The van der Waals surface area contributed by atoms with Gasteiger partial charge in [-0.25, -0.2) is 0 Å². The van der Waals surface area contributed by atoms with Crippen LogP contribution in [0.15, 0.2) is 11.6 Å². The summed E-state index contributed by atoms with van der Waals surface area (Å²) >= 11 is 0. The summed E-state index contributed by atoms with van der Waals surface area (Å²) in [4.78, 5) is 2.35. The first kappa shape index (κ1) is 20.9. The quantitative estimate of drug-likeness (QED) is 0.448. The van der Waals surface area contributed by atoms with Crippen molar-refractivity contribution < 1.29 is 14.2 Å². The van der Waals surface area contributed by atoms with Gasteiger partial charge in [0, 0.05) is 33.0 Å². The highest BCUT2D eigenvalue weighted by molar-refractivity contribution is 5.18. The Kier molecular flexibility index (Phi) is 7.51. The van der Waals surface area contributed by atoms with Gasteiger partial charge in [-0.3, -0.25) is 4.90 Å². The lowest BCUT2D eigenvalue weighted by Gasteiger charge is -2.39. The Hall–Kier alpha value is -0.420. The Morgan fingerprint density at radius 2 is 2.12 bits per heavy atom. The monoisotopic (exact) mass is 353 g/mol. The van der Waals surface area contributed by atoms with Gasteiger partial charge in [-0.15, -0.1) is 0 Å². The number of hydrogen-bond acceptors (Lipinski definition) is 4. The molecule has 25 heavy (non-hydrogen) atoms. The van der Waals surface area contributed by atoms with Crippen molar-refractivity contribution in [1.29, 1.82) is 0 Å². The van der Waals surface area contributed by atoms with E-state index in [2.05, 4.69) is 45.6 Å². The van der Waals surface area contributed by atoms with Gasteiger partial charge in [-0.2, -0.15) is 0 Å². The summed E-state index contributed by atoms with van der Waals surface area (Å²) in [7, 11) is 1.76. The molecule has 146 valence electrons. The molecule has 2 atom stereocenters. The molecule has 1 heterocycles. The van der Waals surface area contributed by atoms with Crippen LogP contribution in [0, 0.1) is 11.3 Å². The molecule has 0 aromatic carbocycles. The summed E-state index contributed by atoms with van der Waals surface area (Å²) in [5, 5.41) is 0. The zero-order chi connectivity index (χ0) is 18.5. The van der Waals surface area contributed by atoms with Crippen molar-refractivity contribution in [1.82, 2.24) is 4.90 Å².